The minimum absolute atomic E-state index is 0.0830. The van der Waals surface area contributed by atoms with Crippen LogP contribution in [0.3, 0.4) is 0 Å². The number of hydrogen-bond acceptors (Lipinski definition) is 3. The van der Waals surface area contributed by atoms with Crippen molar-refractivity contribution in [3.05, 3.63) is 83.0 Å². The van der Waals surface area contributed by atoms with Crippen LogP contribution in [0.5, 0.6) is 0 Å². The maximum absolute atomic E-state index is 13.6. The Morgan fingerprint density at radius 1 is 1.10 bits per heavy atom. The molecular weight excluding hydrogens is 358 g/mol. The Bertz CT molecular complexity index is 1030. The summed E-state index contributed by atoms with van der Waals surface area (Å²) in [6, 6.07) is 18.8. The molecule has 29 heavy (non-hydrogen) atoms. The molecule has 0 amide bonds. The van der Waals surface area contributed by atoms with Gasteiger partial charge in [0.2, 0.25) is 0 Å². The molecule has 0 fully saturated rings. The van der Waals surface area contributed by atoms with Gasteiger partial charge in [-0.2, -0.15) is 5.10 Å². The first-order chi connectivity index (χ1) is 13.7. The molecule has 4 heteroatoms. The van der Waals surface area contributed by atoms with Gasteiger partial charge in [-0.3, -0.25) is 4.79 Å². The molecule has 1 atom stereocenters. The lowest BCUT2D eigenvalue weighted by atomic mass is 9.78. The van der Waals surface area contributed by atoms with E-state index in [9.17, 15) is 4.79 Å². The molecule has 1 aromatic heterocycles. The second kappa shape index (κ2) is 6.87. The SMILES string of the molecule is Cc1ccc(C(C)(C)C(=O)c2cnn3c2NC(c2ccccc2)CC3(C)C)cc1. The maximum Gasteiger partial charge on any atom is 0.178 e. The Hall–Kier alpha value is -2.88. The highest BCUT2D eigenvalue weighted by atomic mass is 16.1. The van der Waals surface area contributed by atoms with Crippen molar-refractivity contribution in [2.75, 3.05) is 5.32 Å². The van der Waals surface area contributed by atoms with Gasteiger partial charge in [-0.1, -0.05) is 60.2 Å². The van der Waals surface area contributed by atoms with Crippen molar-refractivity contribution >= 4 is 11.6 Å². The number of benzene rings is 2. The zero-order chi connectivity index (χ0) is 20.8. The van der Waals surface area contributed by atoms with Crippen molar-refractivity contribution in [1.82, 2.24) is 9.78 Å². The summed E-state index contributed by atoms with van der Waals surface area (Å²) < 4.78 is 1.98. The van der Waals surface area contributed by atoms with Crippen molar-refractivity contribution < 1.29 is 4.79 Å². The number of Topliss-reactive ketones (excluding diaryl/α,β-unsaturated/α-hetero) is 1. The van der Waals surface area contributed by atoms with E-state index in [0.29, 0.717) is 5.56 Å². The van der Waals surface area contributed by atoms with Crippen LogP contribution >= 0.6 is 0 Å². The van der Waals surface area contributed by atoms with Gasteiger partial charge >= 0.3 is 0 Å². The highest BCUT2D eigenvalue weighted by Gasteiger charge is 2.39. The van der Waals surface area contributed by atoms with E-state index in [2.05, 4.69) is 67.6 Å². The van der Waals surface area contributed by atoms with Crippen LogP contribution in [0.25, 0.3) is 0 Å². The first-order valence-corrected chi connectivity index (χ1v) is 10.2. The van der Waals surface area contributed by atoms with Crippen LogP contribution < -0.4 is 5.32 Å². The minimum atomic E-state index is -0.635. The predicted octanol–water partition coefficient (Wildman–Crippen LogP) is 5.64. The standard InChI is InChI=1S/C25H29N3O/c1-17-11-13-19(14-12-17)25(4,5)22(29)20-16-26-28-23(20)27-21(15-24(28,2)3)18-9-7-6-8-10-18/h6-14,16,21,27H,15H2,1-5H3. The van der Waals surface area contributed by atoms with Gasteiger partial charge in [0.25, 0.3) is 0 Å². The molecule has 0 saturated heterocycles. The quantitative estimate of drug-likeness (QED) is 0.589. The summed E-state index contributed by atoms with van der Waals surface area (Å²) in [5.41, 5.74) is 3.27. The van der Waals surface area contributed by atoms with Crippen molar-refractivity contribution in [1.29, 1.82) is 0 Å². The Balaban J connectivity index is 1.73. The largest absolute Gasteiger partial charge is 0.363 e. The lowest BCUT2D eigenvalue weighted by molar-refractivity contribution is 0.0909. The molecule has 2 heterocycles. The molecule has 1 N–H and O–H groups in total. The maximum atomic E-state index is 13.6. The average Bonchev–Trinajstić information content (AvgIpc) is 3.13. The Kier molecular flexibility index (Phi) is 4.60. The van der Waals surface area contributed by atoms with Crippen LogP contribution in [-0.4, -0.2) is 15.6 Å². The number of ketones is 1. The highest BCUT2D eigenvalue weighted by Crippen LogP contribution is 2.41. The minimum Gasteiger partial charge on any atom is -0.363 e. The number of anilines is 1. The molecule has 4 nitrogen and oxygen atoms in total. The van der Waals surface area contributed by atoms with E-state index in [4.69, 9.17) is 0 Å². The van der Waals surface area contributed by atoms with Gasteiger partial charge in [0.05, 0.1) is 28.8 Å². The first-order valence-electron chi connectivity index (χ1n) is 10.2. The summed E-state index contributed by atoms with van der Waals surface area (Å²) in [7, 11) is 0. The summed E-state index contributed by atoms with van der Waals surface area (Å²) in [4.78, 5) is 13.6. The summed E-state index contributed by atoms with van der Waals surface area (Å²) in [6.07, 6.45) is 2.64. The molecule has 0 spiro atoms. The van der Waals surface area contributed by atoms with Crippen molar-refractivity contribution in [3.8, 4) is 0 Å². The van der Waals surface area contributed by atoms with E-state index in [1.54, 1.807) is 6.20 Å². The third-order valence-corrected chi connectivity index (χ3v) is 6.14. The van der Waals surface area contributed by atoms with Crippen molar-refractivity contribution in [3.63, 3.8) is 0 Å². The van der Waals surface area contributed by atoms with Crippen LogP contribution in [0.4, 0.5) is 5.82 Å². The van der Waals surface area contributed by atoms with Gasteiger partial charge in [0.1, 0.15) is 5.82 Å². The number of aryl methyl sites for hydroxylation is 1. The smallest absolute Gasteiger partial charge is 0.178 e. The molecular formula is C25H29N3O. The van der Waals surface area contributed by atoms with Crippen molar-refractivity contribution in [2.45, 2.75) is 58.0 Å². The molecule has 0 radical (unpaired) electrons. The lowest BCUT2D eigenvalue weighted by Gasteiger charge is -2.38. The van der Waals surface area contributed by atoms with Gasteiger partial charge in [0.15, 0.2) is 5.78 Å². The van der Waals surface area contributed by atoms with Gasteiger partial charge in [-0.25, -0.2) is 4.68 Å². The van der Waals surface area contributed by atoms with E-state index in [1.165, 1.54) is 11.1 Å². The summed E-state index contributed by atoms with van der Waals surface area (Å²) in [6.45, 7) is 10.4. The average molecular weight is 388 g/mol. The van der Waals surface area contributed by atoms with Gasteiger partial charge in [0, 0.05) is 0 Å². The van der Waals surface area contributed by atoms with Crippen LogP contribution in [-0.2, 0) is 11.0 Å². The van der Waals surface area contributed by atoms with Gasteiger partial charge < -0.3 is 5.32 Å². The molecule has 1 aliphatic rings. The number of carbonyl (C=O) groups excluding carboxylic acids is 1. The molecule has 4 rings (SSSR count). The van der Waals surface area contributed by atoms with Crippen LogP contribution in [0.1, 0.15) is 67.2 Å². The zero-order valence-corrected chi connectivity index (χ0v) is 17.9. The number of fused-ring (bicyclic) bond motifs is 1. The van der Waals surface area contributed by atoms with E-state index < -0.39 is 5.41 Å². The number of aromatic nitrogens is 2. The van der Waals surface area contributed by atoms with E-state index >= 15 is 0 Å². The molecule has 2 aromatic carbocycles. The molecule has 0 aliphatic carbocycles. The third kappa shape index (κ3) is 3.37. The highest BCUT2D eigenvalue weighted by molar-refractivity contribution is 6.07. The summed E-state index contributed by atoms with van der Waals surface area (Å²) in [5.74, 6) is 0.903. The summed E-state index contributed by atoms with van der Waals surface area (Å²) >= 11 is 0. The zero-order valence-electron chi connectivity index (χ0n) is 17.9. The van der Waals surface area contributed by atoms with Gasteiger partial charge in [-0.05, 0) is 52.2 Å². The number of carbonyl (C=O) groups is 1. The van der Waals surface area contributed by atoms with Crippen LogP contribution in [0, 0.1) is 6.92 Å². The third-order valence-electron chi connectivity index (χ3n) is 6.14. The molecule has 150 valence electrons. The molecule has 0 bridgehead atoms. The lowest BCUT2D eigenvalue weighted by Crippen LogP contribution is -2.38. The Morgan fingerprint density at radius 3 is 2.41 bits per heavy atom. The number of hydrogen-bond donors (Lipinski definition) is 1. The molecule has 1 aliphatic heterocycles. The van der Waals surface area contributed by atoms with Crippen LogP contribution in [0.15, 0.2) is 60.8 Å². The van der Waals surface area contributed by atoms with Crippen LogP contribution in [0.2, 0.25) is 0 Å². The van der Waals surface area contributed by atoms with E-state index in [-0.39, 0.29) is 17.4 Å². The second-order valence-electron chi connectivity index (χ2n) is 9.26. The normalized spacial score (nSPS) is 18.0. The molecule has 0 saturated carbocycles. The topological polar surface area (TPSA) is 46.9 Å². The first kappa shape index (κ1) is 19.4. The fourth-order valence-corrected chi connectivity index (χ4v) is 4.24. The van der Waals surface area contributed by atoms with E-state index in [0.717, 1.165) is 17.8 Å². The monoisotopic (exact) mass is 387 g/mol. The van der Waals surface area contributed by atoms with E-state index in [1.807, 2.05) is 36.7 Å². The predicted molar refractivity (Wildman–Crippen MR) is 118 cm³/mol. The summed E-state index contributed by atoms with van der Waals surface area (Å²) in [5, 5.41) is 8.22. The molecule has 3 aromatic rings. The fraction of sp³-hybridized carbons (Fsp3) is 0.360. The number of nitrogens with zero attached hydrogens (tertiary/aromatic N) is 2. The Labute approximate surface area is 173 Å². The second-order valence-corrected chi connectivity index (χ2v) is 9.26. The van der Waals surface area contributed by atoms with Gasteiger partial charge in [-0.15, -0.1) is 0 Å². The van der Waals surface area contributed by atoms with Crippen molar-refractivity contribution in [2.24, 2.45) is 0 Å². The Morgan fingerprint density at radius 2 is 1.76 bits per heavy atom. The number of rotatable bonds is 4. The molecule has 1 unspecified atom stereocenters. The fourth-order valence-electron chi connectivity index (χ4n) is 4.24. The number of nitrogens with one attached hydrogen (secondary N) is 1.